The third-order valence-corrected chi connectivity index (χ3v) is 4.71. The Kier molecular flexibility index (Phi) is 6.48. The van der Waals surface area contributed by atoms with Crippen molar-refractivity contribution in [2.45, 2.75) is 44.9 Å². The van der Waals surface area contributed by atoms with Crippen LogP contribution in [0.1, 0.15) is 41.0 Å². The molecule has 0 aliphatic heterocycles. The molecule has 3 heteroatoms. The van der Waals surface area contributed by atoms with Crippen LogP contribution < -0.4 is 5.11 Å². The number of carbonyl (C=O) groups is 1. The molecular weight excluding hydrogens is 280 g/mol. The molecular formula is C18H21O2S-. The summed E-state index contributed by atoms with van der Waals surface area (Å²) in [6.07, 6.45) is 6.22. The minimum atomic E-state index is -0.942. The lowest BCUT2D eigenvalue weighted by Gasteiger charge is -2.01. The van der Waals surface area contributed by atoms with Gasteiger partial charge in [-0.1, -0.05) is 30.3 Å². The van der Waals surface area contributed by atoms with Gasteiger partial charge < -0.3 is 9.90 Å². The van der Waals surface area contributed by atoms with E-state index in [1.54, 1.807) is 0 Å². The molecule has 0 radical (unpaired) electrons. The number of carboxylic acids is 1. The summed E-state index contributed by atoms with van der Waals surface area (Å²) in [7, 11) is 0. The molecule has 0 atom stereocenters. The molecule has 0 saturated carbocycles. The highest BCUT2D eigenvalue weighted by molar-refractivity contribution is 7.11. The van der Waals surface area contributed by atoms with Crippen molar-refractivity contribution in [3.63, 3.8) is 0 Å². The number of carboxylic acid groups (broad SMARTS) is 1. The van der Waals surface area contributed by atoms with Crippen LogP contribution in [0.3, 0.4) is 0 Å². The fourth-order valence-electron chi connectivity index (χ4n) is 2.37. The molecule has 2 aromatic rings. The molecule has 112 valence electrons. The summed E-state index contributed by atoms with van der Waals surface area (Å²) in [5.41, 5.74) is 1.40. The molecule has 0 aliphatic rings. The second-order valence-corrected chi connectivity index (χ2v) is 6.54. The van der Waals surface area contributed by atoms with E-state index in [1.807, 2.05) is 11.3 Å². The Morgan fingerprint density at radius 3 is 2.19 bits per heavy atom. The molecule has 1 aromatic heterocycles. The second-order valence-electron chi connectivity index (χ2n) is 5.29. The van der Waals surface area contributed by atoms with E-state index in [2.05, 4.69) is 42.5 Å². The Balaban J connectivity index is 1.67. The standard InChI is InChI=1S/C18H22O2S/c19-18(20)12-5-4-10-16-13-14-17(21-16)11-6-9-15-7-2-1-3-8-15/h1-3,7-8,13-14H,4-6,9-12H2,(H,19,20)/p-1. The van der Waals surface area contributed by atoms with Gasteiger partial charge in [-0.25, -0.2) is 0 Å². The van der Waals surface area contributed by atoms with Gasteiger partial charge in [0.1, 0.15) is 0 Å². The summed E-state index contributed by atoms with van der Waals surface area (Å²) in [5.74, 6) is -0.942. The van der Waals surface area contributed by atoms with Crippen LogP contribution in [0.2, 0.25) is 0 Å². The van der Waals surface area contributed by atoms with Crippen LogP contribution in [0, 0.1) is 0 Å². The van der Waals surface area contributed by atoms with Gasteiger partial charge in [-0.2, -0.15) is 0 Å². The topological polar surface area (TPSA) is 40.1 Å². The largest absolute Gasteiger partial charge is 0.550 e. The van der Waals surface area contributed by atoms with Crippen LogP contribution in [0.25, 0.3) is 0 Å². The van der Waals surface area contributed by atoms with Crippen molar-refractivity contribution in [3.8, 4) is 0 Å². The monoisotopic (exact) mass is 301 g/mol. The molecule has 0 spiro atoms. The van der Waals surface area contributed by atoms with Crippen molar-refractivity contribution in [3.05, 3.63) is 57.8 Å². The highest BCUT2D eigenvalue weighted by atomic mass is 32.1. The highest BCUT2D eigenvalue weighted by Crippen LogP contribution is 2.21. The maximum atomic E-state index is 10.3. The average Bonchev–Trinajstić information content (AvgIpc) is 2.92. The van der Waals surface area contributed by atoms with Gasteiger partial charge in [0.05, 0.1) is 0 Å². The maximum Gasteiger partial charge on any atom is 0.0414 e. The van der Waals surface area contributed by atoms with Gasteiger partial charge in [0.25, 0.3) is 0 Å². The zero-order chi connectivity index (χ0) is 14.9. The number of hydrogen-bond donors (Lipinski definition) is 0. The Morgan fingerprint density at radius 1 is 0.857 bits per heavy atom. The van der Waals surface area contributed by atoms with E-state index in [-0.39, 0.29) is 6.42 Å². The van der Waals surface area contributed by atoms with Gasteiger partial charge in [-0.15, -0.1) is 11.3 Å². The first-order chi connectivity index (χ1) is 10.2. The van der Waals surface area contributed by atoms with Gasteiger partial charge in [0.2, 0.25) is 0 Å². The van der Waals surface area contributed by atoms with E-state index >= 15 is 0 Å². The summed E-state index contributed by atoms with van der Waals surface area (Å²) >= 11 is 1.86. The molecule has 1 heterocycles. The minimum absolute atomic E-state index is 0.176. The number of carbonyl (C=O) groups excluding carboxylic acids is 1. The Bertz CT molecular complexity index is 545. The molecule has 1 aromatic carbocycles. The van der Waals surface area contributed by atoms with Gasteiger partial charge in [0.15, 0.2) is 0 Å². The quantitative estimate of drug-likeness (QED) is 0.666. The van der Waals surface area contributed by atoms with Crippen molar-refractivity contribution in [1.82, 2.24) is 0 Å². The summed E-state index contributed by atoms with van der Waals surface area (Å²) in [6, 6.07) is 15.0. The smallest absolute Gasteiger partial charge is 0.0414 e. The zero-order valence-electron chi connectivity index (χ0n) is 12.2. The molecule has 21 heavy (non-hydrogen) atoms. The summed E-state index contributed by atoms with van der Waals surface area (Å²) in [5, 5.41) is 10.3. The van der Waals surface area contributed by atoms with Crippen LogP contribution in [0.4, 0.5) is 0 Å². The predicted octanol–water partition coefficient (Wildman–Crippen LogP) is 3.39. The highest BCUT2D eigenvalue weighted by Gasteiger charge is 2.01. The van der Waals surface area contributed by atoms with E-state index < -0.39 is 5.97 Å². The Morgan fingerprint density at radius 2 is 1.52 bits per heavy atom. The fourth-order valence-corrected chi connectivity index (χ4v) is 3.47. The Labute approximate surface area is 130 Å². The van der Waals surface area contributed by atoms with Crippen LogP contribution in [-0.2, 0) is 24.1 Å². The van der Waals surface area contributed by atoms with Crippen molar-refractivity contribution < 1.29 is 9.90 Å². The average molecular weight is 301 g/mol. The van der Waals surface area contributed by atoms with Crippen molar-refractivity contribution in [1.29, 1.82) is 0 Å². The van der Waals surface area contributed by atoms with Crippen molar-refractivity contribution >= 4 is 17.3 Å². The number of aliphatic carboxylic acids is 1. The SMILES string of the molecule is O=C([O-])CCCCc1ccc(CCCc2ccccc2)s1. The van der Waals surface area contributed by atoms with E-state index in [1.165, 1.54) is 21.7 Å². The third-order valence-electron chi connectivity index (χ3n) is 3.50. The number of unbranched alkanes of at least 4 members (excludes halogenated alkanes) is 1. The first kappa shape index (κ1) is 15.8. The van der Waals surface area contributed by atoms with E-state index in [0.717, 1.165) is 25.7 Å². The Hall–Kier alpha value is -1.61. The summed E-state index contributed by atoms with van der Waals surface area (Å²) < 4.78 is 0. The molecule has 2 rings (SSSR count). The lowest BCUT2D eigenvalue weighted by Crippen LogP contribution is -2.21. The van der Waals surface area contributed by atoms with Gasteiger partial charge in [-0.05, 0) is 62.6 Å². The van der Waals surface area contributed by atoms with Crippen molar-refractivity contribution in [2.75, 3.05) is 0 Å². The van der Waals surface area contributed by atoms with E-state index in [4.69, 9.17) is 0 Å². The van der Waals surface area contributed by atoms with Gasteiger partial charge in [-0.3, -0.25) is 0 Å². The lowest BCUT2D eigenvalue weighted by atomic mass is 10.1. The molecule has 0 aliphatic carbocycles. The number of aryl methyl sites for hydroxylation is 3. The molecule has 0 unspecified atom stereocenters. The second kappa shape index (κ2) is 8.63. The first-order valence-corrected chi connectivity index (χ1v) is 8.37. The zero-order valence-corrected chi connectivity index (χ0v) is 13.0. The molecule has 0 fully saturated rings. The summed E-state index contributed by atoms with van der Waals surface area (Å²) in [6.45, 7) is 0. The van der Waals surface area contributed by atoms with Gasteiger partial charge >= 0.3 is 0 Å². The van der Waals surface area contributed by atoms with Gasteiger partial charge in [0, 0.05) is 15.7 Å². The number of benzene rings is 1. The minimum Gasteiger partial charge on any atom is -0.550 e. The van der Waals surface area contributed by atoms with E-state index in [9.17, 15) is 9.90 Å². The van der Waals surface area contributed by atoms with Crippen LogP contribution in [0.5, 0.6) is 0 Å². The fraction of sp³-hybridized carbons (Fsp3) is 0.389. The summed E-state index contributed by atoms with van der Waals surface area (Å²) in [4.78, 5) is 13.1. The van der Waals surface area contributed by atoms with Crippen molar-refractivity contribution in [2.24, 2.45) is 0 Å². The first-order valence-electron chi connectivity index (χ1n) is 7.55. The predicted molar refractivity (Wildman–Crippen MR) is 85.3 cm³/mol. The molecule has 0 N–H and O–H groups in total. The van der Waals surface area contributed by atoms with Crippen LogP contribution in [-0.4, -0.2) is 5.97 Å². The van der Waals surface area contributed by atoms with Crippen LogP contribution >= 0.6 is 11.3 Å². The molecule has 2 nitrogen and oxygen atoms in total. The maximum absolute atomic E-state index is 10.3. The third kappa shape index (κ3) is 6.13. The number of thiophene rings is 1. The number of hydrogen-bond acceptors (Lipinski definition) is 3. The number of rotatable bonds is 9. The lowest BCUT2D eigenvalue weighted by molar-refractivity contribution is -0.305. The molecule has 0 bridgehead atoms. The normalized spacial score (nSPS) is 10.7. The van der Waals surface area contributed by atoms with Crippen LogP contribution in [0.15, 0.2) is 42.5 Å². The molecule has 0 amide bonds. The van der Waals surface area contributed by atoms with E-state index in [0.29, 0.717) is 6.42 Å². The molecule has 0 saturated heterocycles.